The van der Waals surface area contributed by atoms with Gasteiger partial charge < -0.3 is 10.1 Å². The van der Waals surface area contributed by atoms with Gasteiger partial charge in [0.15, 0.2) is 0 Å². The van der Waals surface area contributed by atoms with Crippen LogP contribution in [-0.2, 0) is 6.54 Å². The molecule has 0 saturated heterocycles. The van der Waals surface area contributed by atoms with Crippen molar-refractivity contribution in [2.75, 3.05) is 13.2 Å². The van der Waals surface area contributed by atoms with Crippen LogP contribution in [-0.4, -0.2) is 13.2 Å². The van der Waals surface area contributed by atoms with Gasteiger partial charge >= 0.3 is 0 Å². The highest BCUT2D eigenvalue weighted by molar-refractivity contribution is 9.11. The van der Waals surface area contributed by atoms with E-state index in [2.05, 4.69) is 49.3 Å². The summed E-state index contributed by atoms with van der Waals surface area (Å²) in [4.78, 5) is 0. The van der Waals surface area contributed by atoms with Gasteiger partial charge in [0.2, 0.25) is 0 Å². The Morgan fingerprint density at radius 1 is 1.23 bits per heavy atom. The molecule has 0 aliphatic heterocycles. The largest absolute Gasteiger partial charge is 0.492 e. The quantitative estimate of drug-likeness (QED) is 0.403. The van der Waals surface area contributed by atoms with Crippen molar-refractivity contribution in [3.63, 3.8) is 0 Å². The molecule has 0 spiro atoms. The molecule has 1 N–H and O–H groups in total. The summed E-state index contributed by atoms with van der Waals surface area (Å²) in [5.41, 5.74) is 2.81. The molecule has 0 fully saturated rings. The van der Waals surface area contributed by atoms with E-state index < -0.39 is 0 Å². The Hall–Kier alpha value is -0.0300. The Kier molecular flexibility index (Phi) is 9.73. The zero-order chi connectivity index (χ0) is 15.1. The molecule has 0 radical (unpaired) electrons. The predicted octanol–water partition coefficient (Wildman–Crippen LogP) is 6.01. The highest BCUT2D eigenvalue weighted by Gasteiger charge is 2.10. The van der Waals surface area contributed by atoms with E-state index in [0.29, 0.717) is 6.61 Å². The third kappa shape index (κ3) is 6.23. The first kappa shape index (κ1) is 20.0. The van der Waals surface area contributed by atoms with Gasteiger partial charge in [-0.15, -0.1) is 12.4 Å². The van der Waals surface area contributed by atoms with Crippen LogP contribution in [0.25, 0.3) is 0 Å². The fraction of sp³-hybridized carbons (Fsp3) is 0.529. The summed E-state index contributed by atoms with van der Waals surface area (Å²) in [7, 11) is 0. The van der Waals surface area contributed by atoms with Gasteiger partial charge in [-0.2, -0.15) is 0 Å². The second kappa shape index (κ2) is 10.7. The third-order valence-corrected chi connectivity index (χ3v) is 4.74. The Bertz CT molecular complexity index is 506. The van der Waals surface area contributed by atoms with Gasteiger partial charge in [-0.05, 0) is 73.6 Å². The Morgan fingerprint density at radius 3 is 2.73 bits per heavy atom. The van der Waals surface area contributed by atoms with Gasteiger partial charge in [0, 0.05) is 16.6 Å². The predicted molar refractivity (Wildman–Crippen MR) is 103 cm³/mol. The van der Waals surface area contributed by atoms with Crippen molar-refractivity contribution in [1.82, 2.24) is 5.32 Å². The minimum atomic E-state index is 0. The normalized spacial score (nSPS) is 14.2. The first-order valence-corrected chi connectivity index (χ1v) is 9.28. The molecule has 1 aromatic carbocycles. The van der Waals surface area contributed by atoms with E-state index in [1.807, 2.05) is 13.0 Å². The third-order valence-electron chi connectivity index (χ3n) is 3.70. The average Bonchev–Trinajstić information content (AvgIpc) is 2.48. The van der Waals surface area contributed by atoms with Crippen molar-refractivity contribution >= 4 is 44.3 Å². The van der Waals surface area contributed by atoms with Crippen LogP contribution in [0, 0.1) is 0 Å². The van der Waals surface area contributed by atoms with Crippen molar-refractivity contribution in [1.29, 1.82) is 0 Å². The fourth-order valence-electron chi connectivity index (χ4n) is 2.65. The molecule has 124 valence electrons. The number of hydrogen-bond acceptors (Lipinski definition) is 2. The van der Waals surface area contributed by atoms with E-state index in [0.717, 1.165) is 27.8 Å². The minimum Gasteiger partial charge on any atom is -0.492 e. The number of nitrogens with one attached hydrogen (secondary N) is 1. The molecule has 2 rings (SSSR count). The standard InChI is InChI=1S/C17H23Br2NO.ClH/c1-2-21-17-14(10-15(18)11-16(17)19)12-20-9-8-13-6-4-3-5-7-13;/h6,10-11,20H,2-5,7-9,12H2,1H3;1H. The van der Waals surface area contributed by atoms with Crippen molar-refractivity contribution in [3.8, 4) is 5.75 Å². The maximum Gasteiger partial charge on any atom is 0.138 e. The van der Waals surface area contributed by atoms with Gasteiger partial charge in [0.25, 0.3) is 0 Å². The van der Waals surface area contributed by atoms with E-state index in [4.69, 9.17) is 4.74 Å². The Balaban J connectivity index is 0.00000242. The molecule has 1 aliphatic rings. The van der Waals surface area contributed by atoms with Gasteiger partial charge in [-0.25, -0.2) is 0 Å². The van der Waals surface area contributed by atoms with Crippen LogP contribution in [0.4, 0.5) is 0 Å². The first-order valence-electron chi connectivity index (χ1n) is 7.70. The van der Waals surface area contributed by atoms with Gasteiger partial charge in [-0.3, -0.25) is 0 Å². The van der Waals surface area contributed by atoms with Crippen molar-refractivity contribution in [2.45, 2.75) is 45.6 Å². The van der Waals surface area contributed by atoms with Crippen molar-refractivity contribution < 1.29 is 4.74 Å². The molecule has 2 nitrogen and oxygen atoms in total. The van der Waals surface area contributed by atoms with E-state index >= 15 is 0 Å². The number of hydrogen-bond donors (Lipinski definition) is 1. The lowest BCUT2D eigenvalue weighted by Gasteiger charge is -2.15. The molecule has 0 amide bonds. The zero-order valence-corrected chi connectivity index (χ0v) is 16.9. The van der Waals surface area contributed by atoms with E-state index in [9.17, 15) is 0 Å². The maximum atomic E-state index is 5.75. The molecular formula is C17H24Br2ClNO. The highest BCUT2D eigenvalue weighted by atomic mass is 79.9. The van der Waals surface area contributed by atoms with Crippen LogP contribution >= 0.6 is 44.3 Å². The Morgan fingerprint density at radius 2 is 2.05 bits per heavy atom. The van der Waals surface area contributed by atoms with Crippen LogP contribution in [0.3, 0.4) is 0 Å². The molecule has 0 unspecified atom stereocenters. The summed E-state index contributed by atoms with van der Waals surface area (Å²) in [5.74, 6) is 0.949. The minimum absolute atomic E-state index is 0. The molecule has 0 atom stereocenters. The highest BCUT2D eigenvalue weighted by Crippen LogP contribution is 2.33. The van der Waals surface area contributed by atoms with E-state index in [1.54, 1.807) is 5.57 Å². The molecule has 0 saturated carbocycles. The monoisotopic (exact) mass is 451 g/mol. The van der Waals surface area contributed by atoms with Crippen molar-refractivity contribution in [3.05, 3.63) is 38.3 Å². The number of halogens is 3. The second-order valence-electron chi connectivity index (χ2n) is 5.34. The fourth-order valence-corrected chi connectivity index (χ4v) is 4.08. The number of rotatable bonds is 7. The molecule has 0 bridgehead atoms. The SMILES string of the molecule is CCOc1c(Br)cc(Br)cc1CNCCC1=CCCCC1.Cl. The summed E-state index contributed by atoms with van der Waals surface area (Å²) < 4.78 is 7.83. The second-order valence-corrected chi connectivity index (χ2v) is 7.11. The molecule has 5 heteroatoms. The van der Waals surface area contributed by atoms with Crippen LogP contribution in [0.2, 0.25) is 0 Å². The van der Waals surface area contributed by atoms with Crippen molar-refractivity contribution in [2.24, 2.45) is 0 Å². The zero-order valence-electron chi connectivity index (χ0n) is 13.0. The van der Waals surface area contributed by atoms with Gasteiger partial charge in [-0.1, -0.05) is 27.6 Å². The topological polar surface area (TPSA) is 21.3 Å². The lowest BCUT2D eigenvalue weighted by Crippen LogP contribution is -2.16. The molecule has 1 aliphatic carbocycles. The number of allylic oxidation sites excluding steroid dienone is 1. The van der Waals surface area contributed by atoms with E-state index in [1.165, 1.54) is 37.7 Å². The smallest absolute Gasteiger partial charge is 0.138 e. The summed E-state index contributed by atoms with van der Waals surface area (Å²) in [6.45, 7) is 4.56. The summed E-state index contributed by atoms with van der Waals surface area (Å²) in [6.07, 6.45) is 8.86. The molecule has 22 heavy (non-hydrogen) atoms. The lowest BCUT2D eigenvalue weighted by atomic mass is 9.97. The molecular weight excluding hydrogens is 429 g/mol. The molecule has 1 aromatic rings. The lowest BCUT2D eigenvalue weighted by molar-refractivity contribution is 0.333. The van der Waals surface area contributed by atoms with Crippen LogP contribution in [0.5, 0.6) is 5.75 Å². The van der Waals surface area contributed by atoms with Crippen LogP contribution < -0.4 is 10.1 Å². The average molecular weight is 454 g/mol. The van der Waals surface area contributed by atoms with E-state index in [-0.39, 0.29) is 12.4 Å². The maximum absolute atomic E-state index is 5.75. The molecule has 0 aromatic heterocycles. The summed E-state index contributed by atoms with van der Waals surface area (Å²) in [6, 6.07) is 4.16. The molecule has 0 heterocycles. The summed E-state index contributed by atoms with van der Waals surface area (Å²) in [5, 5.41) is 3.54. The van der Waals surface area contributed by atoms with Crippen LogP contribution in [0.1, 0.15) is 44.6 Å². The first-order chi connectivity index (χ1) is 10.2. The summed E-state index contributed by atoms with van der Waals surface area (Å²) >= 11 is 7.13. The van der Waals surface area contributed by atoms with Gasteiger partial charge in [0.05, 0.1) is 11.1 Å². The van der Waals surface area contributed by atoms with Gasteiger partial charge in [0.1, 0.15) is 5.75 Å². The number of ether oxygens (including phenoxy) is 1. The van der Waals surface area contributed by atoms with Crippen LogP contribution in [0.15, 0.2) is 32.7 Å². The number of benzene rings is 1. The Labute approximate surface area is 156 Å².